The summed E-state index contributed by atoms with van der Waals surface area (Å²) in [6.45, 7) is 3.51. The number of para-hydroxylation sites is 2. The average molecular weight is 276 g/mol. The molecule has 0 amide bonds. The fraction of sp³-hybridized carbons (Fsp3) is 0.368. The van der Waals surface area contributed by atoms with Crippen molar-refractivity contribution >= 4 is 11.4 Å². The highest BCUT2D eigenvalue weighted by molar-refractivity contribution is 5.78. The summed E-state index contributed by atoms with van der Waals surface area (Å²) in [4.78, 5) is 5.13. The zero-order valence-electron chi connectivity index (χ0n) is 12.6. The van der Waals surface area contributed by atoms with Crippen LogP contribution in [0, 0.1) is 5.41 Å². The zero-order valence-corrected chi connectivity index (χ0v) is 12.6. The van der Waals surface area contributed by atoms with Crippen molar-refractivity contribution in [3.05, 3.63) is 59.7 Å². The van der Waals surface area contributed by atoms with Gasteiger partial charge in [0.2, 0.25) is 0 Å². The molecule has 1 fully saturated rings. The Bertz CT molecular complexity index is 738. The van der Waals surface area contributed by atoms with E-state index in [-0.39, 0.29) is 0 Å². The summed E-state index contributed by atoms with van der Waals surface area (Å²) in [7, 11) is 2.26. The number of benzene rings is 2. The van der Waals surface area contributed by atoms with Gasteiger partial charge in [-0.05, 0) is 35.6 Å². The van der Waals surface area contributed by atoms with Crippen molar-refractivity contribution in [3.63, 3.8) is 0 Å². The van der Waals surface area contributed by atoms with E-state index in [4.69, 9.17) is 0 Å². The third-order valence-electron chi connectivity index (χ3n) is 5.87. The molecule has 0 saturated heterocycles. The lowest BCUT2D eigenvalue weighted by Crippen LogP contribution is -2.46. The van der Waals surface area contributed by atoms with E-state index < -0.39 is 0 Å². The Kier molecular flexibility index (Phi) is 2.01. The molecule has 1 aliphatic carbocycles. The predicted molar refractivity (Wildman–Crippen MR) is 86.7 cm³/mol. The van der Waals surface area contributed by atoms with Crippen LogP contribution in [0.5, 0.6) is 0 Å². The molecule has 2 heterocycles. The summed E-state index contributed by atoms with van der Waals surface area (Å²) < 4.78 is 0. The number of fused-ring (bicyclic) bond motifs is 7. The SMILES string of the molecule is CN1c2ccccc2N2Cc3ccccc3C3CC3(C)C12. The fourth-order valence-corrected chi connectivity index (χ4v) is 4.78. The van der Waals surface area contributed by atoms with Crippen LogP contribution in [0.15, 0.2) is 48.5 Å². The van der Waals surface area contributed by atoms with Gasteiger partial charge in [-0.3, -0.25) is 0 Å². The highest BCUT2D eigenvalue weighted by Gasteiger charge is 2.62. The molecule has 5 rings (SSSR count). The van der Waals surface area contributed by atoms with Crippen molar-refractivity contribution in [2.24, 2.45) is 5.41 Å². The predicted octanol–water partition coefficient (Wildman–Crippen LogP) is 3.98. The van der Waals surface area contributed by atoms with Crippen LogP contribution < -0.4 is 9.80 Å². The Morgan fingerprint density at radius 3 is 2.57 bits per heavy atom. The first-order valence-electron chi connectivity index (χ1n) is 7.86. The van der Waals surface area contributed by atoms with Crippen LogP contribution in [0.3, 0.4) is 0 Å². The third kappa shape index (κ3) is 1.33. The average Bonchev–Trinajstić information content (AvgIpc) is 3.12. The topological polar surface area (TPSA) is 6.48 Å². The maximum Gasteiger partial charge on any atom is 0.108 e. The molecule has 3 unspecified atom stereocenters. The van der Waals surface area contributed by atoms with E-state index in [0.29, 0.717) is 11.6 Å². The van der Waals surface area contributed by atoms with Crippen molar-refractivity contribution in [2.45, 2.75) is 32.0 Å². The summed E-state index contributed by atoms with van der Waals surface area (Å²) in [6, 6.07) is 17.9. The standard InChI is InChI=1S/C19H20N2/c1-19-11-15(19)14-8-4-3-7-13(14)12-21-17-10-6-5-9-16(17)20(2)18(19)21/h3-10,15,18H,11-12H2,1-2H3. The molecule has 2 aliphatic heterocycles. The molecule has 2 nitrogen and oxygen atoms in total. The molecule has 2 aromatic carbocycles. The summed E-state index contributed by atoms with van der Waals surface area (Å²) in [5, 5.41) is 0. The maximum atomic E-state index is 2.63. The monoisotopic (exact) mass is 276 g/mol. The smallest absolute Gasteiger partial charge is 0.108 e. The van der Waals surface area contributed by atoms with Gasteiger partial charge in [0.1, 0.15) is 6.17 Å². The quantitative estimate of drug-likeness (QED) is 0.718. The Labute approximate surface area is 126 Å². The lowest BCUT2D eigenvalue weighted by atomic mass is 9.96. The minimum absolute atomic E-state index is 0.375. The molecule has 106 valence electrons. The fourth-order valence-electron chi connectivity index (χ4n) is 4.78. The molecule has 3 aliphatic rings. The second-order valence-electron chi connectivity index (χ2n) is 7.06. The van der Waals surface area contributed by atoms with Gasteiger partial charge in [-0.25, -0.2) is 0 Å². The van der Waals surface area contributed by atoms with E-state index in [0.717, 1.165) is 12.5 Å². The molecule has 3 atom stereocenters. The third-order valence-corrected chi connectivity index (χ3v) is 5.87. The lowest BCUT2D eigenvalue weighted by molar-refractivity contribution is 0.408. The minimum atomic E-state index is 0.375. The van der Waals surface area contributed by atoms with E-state index >= 15 is 0 Å². The normalized spacial score (nSPS) is 31.9. The van der Waals surface area contributed by atoms with Crippen LogP contribution in [0.4, 0.5) is 11.4 Å². The molecule has 2 heteroatoms. The largest absolute Gasteiger partial charge is 0.352 e. The Morgan fingerprint density at radius 2 is 1.71 bits per heavy atom. The summed E-state index contributed by atoms with van der Waals surface area (Å²) >= 11 is 0. The van der Waals surface area contributed by atoms with Gasteiger partial charge in [0.05, 0.1) is 11.4 Å². The van der Waals surface area contributed by atoms with Crippen LogP contribution in [-0.4, -0.2) is 13.2 Å². The van der Waals surface area contributed by atoms with Crippen molar-refractivity contribution in [2.75, 3.05) is 16.8 Å². The molecule has 0 aromatic heterocycles. The van der Waals surface area contributed by atoms with E-state index in [1.807, 2.05) is 0 Å². The number of anilines is 2. The zero-order chi connectivity index (χ0) is 14.2. The first-order chi connectivity index (χ1) is 10.2. The van der Waals surface area contributed by atoms with Crippen LogP contribution in [0.25, 0.3) is 0 Å². The van der Waals surface area contributed by atoms with Gasteiger partial charge < -0.3 is 9.80 Å². The van der Waals surface area contributed by atoms with Crippen molar-refractivity contribution in [3.8, 4) is 0 Å². The Hall–Kier alpha value is -1.96. The highest BCUT2D eigenvalue weighted by Crippen LogP contribution is 2.67. The van der Waals surface area contributed by atoms with Crippen LogP contribution in [0.2, 0.25) is 0 Å². The van der Waals surface area contributed by atoms with Crippen molar-refractivity contribution < 1.29 is 0 Å². The van der Waals surface area contributed by atoms with Crippen LogP contribution in [-0.2, 0) is 6.54 Å². The minimum Gasteiger partial charge on any atom is -0.352 e. The first kappa shape index (κ1) is 11.7. The number of hydrogen-bond donors (Lipinski definition) is 0. The van der Waals surface area contributed by atoms with Gasteiger partial charge in [0, 0.05) is 19.0 Å². The molecule has 0 bridgehead atoms. The molecule has 1 saturated carbocycles. The van der Waals surface area contributed by atoms with Gasteiger partial charge >= 0.3 is 0 Å². The van der Waals surface area contributed by atoms with Gasteiger partial charge in [-0.1, -0.05) is 43.3 Å². The van der Waals surface area contributed by atoms with Gasteiger partial charge in [-0.15, -0.1) is 0 Å². The van der Waals surface area contributed by atoms with E-state index in [2.05, 4.69) is 72.3 Å². The summed E-state index contributed by atoms with van der Waals surface area (Å²) in [5.41, 5.74) is 6.25. The molecular formula is C19H20N2. The van der Waals surface area contributed by atoms with Crippen molar-refractivity contribution in [1.82, 2.24) is 0 Å². The molecular weight excluding hydrogens is 256 g/mol. The Balaban J connectivity index is 1.72. The van der Waals surface area contributed by atoms with E-state index in [9.17, 15) is 0 Å². The van der Waals surface area contributed by atoms with Crippen LogP contribution >= 0.6 is 0 Å². The van der Waals surface area contributed by atoms with Crippen molar-refractivity contribution in [1.29, 1.82) is 0 Å². The van der Waals surface area contributed by atoms with Crippen LogP contribution in [0.1, 0.15) is 30.4 Å². The lowest BCUT2D eigenvalue weighted by Gasteiger charge is -2.35. The molecule has 0 N–H and O–H groups in total. The number of hydrogen-bond acceptors (Lipinski definition) is 2. The van der Waals surface area contributed by atoms with Gasteiger partial charge in [0.25, 0.3) is 0 Å². The van der Waals surface area contributed by atoms with Gasteiger partial charge in [-0.2, -0.15) is 0 Å². The summed E-state index contributed by atoms with van der Waals surface area (Å²) in [6.07, 6.45) is 1.80. The Morgan fingerprint density at radius 1 is 1.00 bits per heavy atom. The molecule has 21 heavy (non-hydrogen) atoms. The summed E-state index contributed by atoms with van der Waals surface area (Å²) in [5.74, 6) is 0.723. The second-order valence-corrected chi connectivity index (χ2v) is 7.06. The second kappa shape index (κ2) is 3.62. The first-order valence-corrected chi connectivity index (χ1v) is 7.86. The highest BCUT2D eigenvalue weighted by atomic mass is 15.4. The number of nitrogens with zero attached hydrogens (tertiary/aromatic N) is 2. The van der Waals surface area contributed by atoms with E-state index in [1.165, 1.54) is 23.4 Å². The maximum absolute atomic E-state index is 2.63. The number of rotatable bonds is 0. The molecule has 0 spiro atoms. The van der Waals surface area contributed by atoms with E-state index in [1.54, 1.807) is 5.56 Å². The molecule has 0 radical (unpaired) electrons. The van der Waals surface area contributed by atoms with Gasteiger partial charge in [0.15, 0.2) is 0 Å². The molecule has 2 aromatic rings.